The maximum absolute atomic E-state index is 12.4. The Morgan fingerprint density at radius 1 is 1.17 bits per heavy atom. The van der Waals surface area contributed by atoms with Crippen LogP contribution in [0.1, 0.15) is 37.2 Å². The van der Waals surface area contributed by atoms with Crippen LogP contribution in [0.3, 0.4) is 0 Å². The fraction of sp³-hybridized carbons (Fsp3) is 0.360. The van der Waals surface area contributed by atoms with E-state index in [0.717, 1.165) is 41.9 Å². The van der Waals surface area contributed by atoms with Gasteiger partial charge in [0.1, 0.15) is 16.9 Å². The second-order valence-electron chi connectivity index (χ2n) is 8.29. The highest BCUT2D eigenvalue weighted by atomic mass is 16.6. The van der Waals surface area contributed by atoms with Crippen molar-refractivity contribution in [2.45, 2.75) is 39.3 Å². The predicted molar refractivity (Wildman–Crippen MR) is 115 cm³/mol. The number of para-hydroxylation sites is 1. The summed E-state index contributed by atoms with van der Waals surface area (Å²) < 4.78 is 12.0. The molecule has 1 aliphatic heterocycles. The first-order valence-corrected chi connectivity index (χ1v) is 10.4. The molecule has 2 unspecified atom stereocenters. The number of furan rings is 1. The quantitative estimate of drug-likeness (QED) is 0.458. The van der Waals surface area contributed by atoms with E-state index in [1.807, 2.05) is 49.4 Å². The standard InChI is InChI=1S/C25H27NO4/c1-17-15-26(16-20-8-5-4-6-9-20)13-12-25(17,30-24(28)19(3)27)22-11-7-10-21-14-18(2)29-23(21)22/h4-11,14,17H,12-13,15-16H2,1-3H3. The molecule has 1 fully saturated rings. The number of nitrogens with zero attached hydrogens (tertiary/aromatic N) is 1. The van der Waals surface area contributed by atoms with Crippen molar-refractivity contribution in [3.05, 3.63) is 71.5 Å². The molecule has 3 aromatic rings. The molecule has 0 aliphatic carbocycles. The Morgan fingerprint density at radius 3 is 2.63 bits per heavy atom. The smallest absolute Gasteiger partial charge is 0.375 e. The largest absolute Gasteiger partial charge is 0.461 e. The van der Waals surface area contributed by atoms with Crippen molar-refractivity contribution in [2.24, 2.45) is 5.92 Å². The number of carbonyl (C=O) groups excluding carboxylic acids is 2. The lowest BCUT2D eigenvalue weighted by Crippen LogP contribution is -2.51. The van der Waals surface area contributed by atoms with Gasteiger partial charge in [-0.3, -0.25) is 9.69 Å². The SMILES string of the molecule is CC(=O)C(=O)OC1(c2cccc3cc(C)oc23)CCN(Cc2ccccc2)CC1C. The van der Waals surface area contributed by atoms with Gasteiger partial charge in [-0.25, -0.2) is 4.79 Å². The molecule has 2 heterocycles. The highest BCUT2D eigenvalue weighted by Crippen LogP contribution is 2.44. The van der Waals surface area contributed by atoms with E-state index in [4.69, 9.17) is 9.15 Å². The zero-order valence-electron chi connectivity index (χ0n) is 17.7. The number of hydrogen-bond acceptors (Lipinski definition) is 5. The molecule has 2 aromatic carbocycles. The number of likely N-dealkylation sites (tertiary alicyclic amines) is 1. The molecule has 4 rings (SSSR count). The number of carbonyl (C=O) groups is 2. The van der Waals surface area contributed by atoms with Crippen molar-refractivity contribution in [2.75, 3.05) is 13.1 Å². The van der Waals surface area contributed by atoms with Crippen molar-refractivity contribution < 1.29 is 18.7 Å². The third-order valence-electron chi connectivity index (χ3n) is 6.06. The third-order valence-corrected chi connectivity index (χ3v) is 6.06. The molecule has 0 amide bonds. The molecule has 0 saturated carbocycles. The molecule has 0 bridgehead atoms. The van der Waals surface area contributed by atoms with Gasteiger partial charge in [0.15, 0.2) is 0 Å². The Labute approximate surface area is 176 Å². The summed E-state index contributed by atoms with van der Waals surface area (Å²) in [5, 5.41) is 0.974. The van der Waals surface area contributed by atoms with Crippen LogP contribution in [0.4, 0.5) is 0 Å². The second-order valence-corrected chi connectivity index (χ2v) is 8.29. The number of esters is 1. The van der Waals surface area contributed by atoms with E-state index in [1.165, 1.54) is 12.5 Å². The van der Waals surface area contributed by atoms with Crippen LogP contribution in [0.25, 0.3) is 11.0 Å². The normalized spacial score (nSPS) is 22.2. The molecule has 5 heteroatoms. The molecule has 0 spiro atoms. The third kappa shape index (κ3) is 3.77. The van der Waals surface area contributed by atoms with Crippen LogP contribution in [0.15, 0.2) is 59.0 Å². The Morgan fingerprint density at radius 2 is 1.93 bits per heavy atom. The summed E-state index contributed by atoms with van der Waals surface area (Å²) in [4.78, 5) is 26.6. The van der Waals surface area contributed by atoms with Gasteiger partial charge in [-0.15, -0.1) is 0 Å². The first-order chi connectivity index (χ1) is 14.4. The highest BCUT2D eigenvalue weighted by molar-refractivity contribution is 6.32. The van der Waals surface area contributed by atoms with E-state index in [1.54, 1.807) is 0 Å². The minimum atomic E-state index is -0.903. The van der Waals surface area contributed by atoms with E-state index in [-0.39, 0.29) is 5.92 Å². The Kier molecular flexibility index (Phi) is 5.48. The zero-order valence-corrected chi connectivity index (χ0v) is 17.7. The van der Waals surface area contributed by atoms with Gasteiger partial charge in [-0.2, -0.15) is 0 Å². The van der Waals surface area contributed by atoms with Crippen molar-refractivity contribution in [1.29, 1.82) is 0 Å². The number of ketones is 1. The van der Waals surface area contributed by atoms with Gasteiger partial charge in [-0.05, 0) is 18.6 Å². The molecule has 5 nitrogen and oxygen atoms in total. The van der Waals surface area contributed by atoms with Crippen LogP contribution >= 0.6 is 0 Å². The van der Waals surface area contributed by atoms with Gasteiger partial charge in [0.2, 0.25) is 5.78 Å². The summed E-state index contributed by atoms with van der Waals surface area (Å²) in [6.45, 7) is 7.58. The fourth-order valence-electron chi connectivity index (χ4n) is 4.55. The van der Waals surface area contributed by atoms with Crippen molar-refractivity contribution in [3.63, 3.8) is 0 Å². The molecule has 0 N–H and O–H groups in total. The molecular weight excluding hydrogens is 378 g/mol. The first-order valence-electron chi connectivity index (χ1n) is 10.4. The number of rotatable bonds is 5. The molecule has 156 valence electrons. The van der Waals surface area contributed by atoms with E-state index in [2.05, 4.69) is 24.0 Å². The van der Waals surface area contributed by atoms with Gasteiger partial charge in [-0.1, -0.05) is 55.5 Å². The second kappa shape index (κ2) is 8.07. The topological polar surface area (TPSA) is 59.8 Å². The summed E-state index contributed by atoms with van der Waals surface area (Å²) >= 11 is 0. The summed E-state index contributed by atoms with van der Waals surface area (Å²) in [5.74, 6) is -0.594. The van der Waals surface area contributed by atoms with Crippen molar-refractivity contribution in [3.8, 4) is 0 Å². The molecule has 1 aromatic heterocycles. The van der Waals surface area contributed by atoms with Crippen molar-refractivity contribution in [1.82, 2.24) is 4.90 Å². The minimum absolute atomic E-state index is 0.0192. The van der Waals surface area contributed by atoms with E-state index in [9.17, 15) is 9.59 Å². The Bertz CT molecular complexity index is 1070. The number of Topliss-reactive ketones (excluding diaryl/α,β-unsaturated/α-hetero) is 1. The van der Waals surface area contributed by atoms with Gasteiger partial charge >= 0.3 is 5.97 Å². The molecule has 2 atom stereocenters. The number of aryl methyl sites for hydroxylation is 1. The van der Waals surface area contributed by atoms with Crippen LogP contribution in [0.5, 0.6) is 0 Å². The van der Waals surface area contributed by atoms with Crippen LogP contribution in [0.2, 0.25) is 0 Å². The summed E-state index contributed by atoms with van der Waals surface area (Å²) in [5.41, 5.74) is 1.92. The maximum Gasteiger partial charge on any atom is 0.375 e. The lowest BCUT2D eigenvalue weighted by Gasteiger charge is -2.46. The van der Waals surface area contributed by atoms with Crippen LogP contribution < -0.4 is 0 Å². The van der Waals surface area contributed by atoms with Gasteiger partial charge in [0, 0.05) is 49.8 Å². The summed E-state index contributed by atoms with van der Waals surface area (Å²) in [6.07, 6.45) is 0.596. The Hall–Kier alpha value is -2.92. The molecule has 30 heavy (non-hydrogen) atoms. The minimum Gasteiger partial charge on any atom is -0.461 e. The number of hydrogen-bond donors (Lipinski definition) is 0. The number of ether oxygens (including phenoxy) is 1. The number of fused-ring (bicyclic) bond motifs is 1. The van der Waals surface area contributed by atoms with Crippen molar-refractivity contribution >= 4 is 22.7 Å². The lowest BCUT2D eigenvalue weighted by atomic mass is 9.76. The van der Waals surface area contributed by atoms with Crippen LogP contribution in [0, 0.1) is 12.8 Å². The van der Waals surface area contributed by atoms with E-state index < -0.39 is 17.4 Å². The number of benzene rings is 2. The lowest BCUT2D eigenvalue weighted by molar-refractivity contribution is -0.178. The average Bonchev–Trinajstić information content (AvgIpc) is 3.11. The predicted octanol–water partition coefficient (Wildman–Crippen LogP) is 4.61. The monoisotopic (exact) mass is 405 g/mol. The fourth-order valence-corrected chi connectivity index (χ4v) is 4.55. The molecule has 1 aliphatic rings. The van der Waals surface area contributed by atoms with Crippen LogP contribution in [-0.2, 0) is 26.5 Å². The van der Waals surface area contributed by atoms with E-state index in [0.29, 0.717) is 6.42 Å². The summed E-state index contributed by atoms with van der Waals surface area (Å²) in [6, 6.07) is 18.2. The zero-order chi connectivity index (χ0) is 21.3. The molecular formula is C25H27NO4. The maximum atomic E-state index is 12.4. The van der Waals surface area contributed by atoms with E-state index >= 15 is 0 Å². The highest BCUT2D eigenvalue weighted by Gasteiger charge is 2.47. The number of piperidine rings is 1. The first kappa shape index (κ1) is 20.4. The van der Waals surface area contributed by atoms with Gasteiger partial charge in [0.05, 0.1) is 0 Å². The average molecular weight is 405 g/mol. The Balaban J connectivity index is 1.70. The van der Waals surface area contributed by atoms with Gasteiger partial charge in [0.25, 0.3) is 0 Å². The molecule has 1 saturated heterocycles. The van der Waals surface area contributed by atoms with Gasteiger partial charge < -0.3 is 9.15 Å². The molecule has 0 radical (unpaired) electrons. The summed E-state index contributed by atoms with van der Waals surface area (Å²) in [7, 11) is 0. The van der Waals surface area contributed by atoms with Crippen LogP contribution in [-0.4, -0.2) is 29.7 Å².